The minimum Gasteiger partial charge on any atom is -0.454 e. The molecule has 1 aromatic rings. The van der Waals surface area contributed by atoms with Crippen LogP contribution in [0.15, 0.2) is 18.2 Å². The van der Waals surface area contributed by atoms with Crippen molar-refractivity contribution in [2.75, 3.05) is 33.5 Å². The Morgan fingerprint density at radius 1 is 1.29 bits per heavy atom. The maximum Gasteiger partial charge on any atom is 0.253 e. The van der Waals surface area contributed by atoms with Crippen LogP contribution in [0.2, 0.25) is 0 Å². The number of benzene rings is 1. The van der Waals surface area contributed by atoms with Gasteiger partial charge in [0.15, 0.2) is 11.5 Å². The van der Waals surface area contributed by atoms with Crippen LogP contribution in [0.4, 0.5) is 0 Å². The summed E-state index contributed by atoms with van der Waals surface area (Å²) in [6.45, 7) is 2.94. The van der Waals surface area contributed by atoms with Gasteiger partial charge in [-0.3, -0.25) is 4.79 Å². The molecule has 1 fully saturated rings. The molecule has 1 amide bonds. The Hall–Kier alpha value is -1.46. The molecule has 0 aromatic heterocycles. The third-order valence-electron chi connectivity index (χ3n) is 4.01. The molecule has 0 unspecified atom stereocenters. The molecule has 6 heteroatoms. The number of fused-ring (bicyclic) bond motifs is 1. The lowest BCUT2D eigenvalue weighted by molar-refractivity contribution is 0.0690. The molecule has 0 atom stereocenters. The third-order valence-corrected chi connectivity index (χ3v) is 4.01. The molecule has 3 rings (SSSR count). The van der Waals surface area contributed by atoms with Crippen LogP contribution in [0.1, 0.15) is 23.2 Å². The maximum atomic E-state index is 12.5. The van der Waals surface area contributed by atoms with Crippen LogP contribution in [-0.2, 0) is 0 Å². The molecule has 0 radical (unpaired) electrons. The molecule has 1 saturated heterocycles. The van der Waals surface area contributed by atoms with Gasteiger partial charge in [-0.2, -0.15) is 0 Å². The average Bonchev–Trinajstić information content (AvgIpc) is 2.95. The number of hydrogen-bond acceptors (Lipinski definition) is 4. The minimum atomic E-state index is 0. The summed E-state index contributed by atoms with van der Waals surface area (Å²) in [6.07, 6.45) is 2.13. The van der Waals surface area contributed by atoms with Crippen molar-refractivity contribution < 1.29 is 14.3 Å². The molecule has 0 saturated carbocycles. The van der Waals surface area contributed by atoms with Gasteiger partial charge in [0.1, 0.15) is 0 Å². The molecule has 2 heterocycles. The van der Waals surface area contributed by atoms with Crippen molar-refractivity contribution in [2.24, 2.45) is 5.92 Å². The largest absolute Gasteiger partial charge is 0.454 e. The Bertz CT molecular complexity index is 502. The van der Waals surface area contributed by atoms with Crippen molar-refractivity contribution in [3.63, 3.8) is 0 Å². The molecule has 1 N–H and O–H groups in total. The Labute approximate surface area is 131 Å². The van der Waals surface area contributed by atoms with Gasteiger partial charge in [-0.25, -0.2) is 0 Å². The van der Waals surface area contributed by atoms with Gasteiger partial charge in [0.25, 0.3) is 5.91 Å². The molecule has 0 spiro atoms. The molecule has 5 nitrogen and oxygen atoms in total. The molecule has 1 aromatic carbocycles. The summed E-state index contributed by atoms with van der Waals surface area (Å²) < 4.78 is 10.6. The third kappa shape index (κ3) is 3.41. The highest BCUT2D eigenvalue weighted by Gasteiger charge is 2.24. The van der Waals surface area contributed by atoms with Crippen molar-refractivity contribution in [2.45, 2.75) is 12.8 Å². The highest BCUT2D eigenvalue weighted by molar-refractivity contribution is 5.95. The van der Waals surface area contributed by atoms with Crippen LogP contribution in [-0.4, -0.2) is 44.3 Å². The first-order valence-corrected chi connectivity index (χ1v) is 7.11. The summed E-state index contributed by atoms with van der Waals surface area (Å²) in [7, 11) is 1.98. The van der Waals surface area contributed by atoms with Crippen molar-refractivity contribution >= 4 is 18.3 Å². The molecule has 21 heavy (non-hydrogen) atoms. The molecular weight excluding hydrogens is 292 g/mol. The van der Waals surface area contributed by atoms with Gasteiger partial charge in [-0.1, -0.05) is 0 Å². The summed E-state index contributed by atoms with van der Waals surface area (Å²) in [4.78, 5) is 14.4. The Balaban J connectivity index is 0.00000161. The number of carbonyl (C=O) groups excluding carboxylic acids is 1. The van der Waals surface area contributed by atoms with Crippen LogP contribution in [0.5, 0.6) is 11.5 Å². The summed E-state index contributed by atoms with van der Waals surface area (Å²) in [5.74, 6) is 2.15. The van der Waals surface area contributed by atoms with E-state index >= 15 is 0 Å². The average molecular weight is 313 g/mol. The summed E-state index contributed by atoms with van der Waals surface area (Å²) >= 11 is 0. The second-order valence-corrected chi connectivity index (χ2v) is 5.36. The van der Waals surface area contributed by atoms with Gasteiger partial charge in [-0.05, 0) is 50.6 Å². The Morgan fingerprint density at radius 2 is 2.00 bits per heavy atom. The number of carbonyl (C=O) groups is 1. The number of nitrogens with one attached hydrogen (secondary N) is 1. The zero-order valence-corrected chi connectivity index (χ0v) is 12.9. The zero-order chi connectivity index (χ0) is 13.9. The second-order valence-electron chi connectivity index (χ2n) is 5.36. The van der Waals surface area contributed by atoms with E-state index in [0.717, 1.165) is 32.5 Å². The highest BCUT2D eigenvalue weighted by atomic mass is 35.5. The quantitative estimate of drug-likeness (QED) is 0.926. The van der Waals surface area contributed by atoms with E-state index in [4.69, 9.17) is 9.47 Å². The first-order chi connectivity index (χ1) is 9.78. The second kappa shape index (κ2) is 7.00. The first-order valence-electron chi connectivity index (χ1n) is 7.11. The number of ether oxygens (including phenoxy) is 2. The summed E-state index contributed by atoms with van der Waals surface area (Å²) in [6, 6.07) is 5.41. The van der Waals surface area contributed by atoms with Gasteiger partial charge in [0, 0.05) is 18.7 Å². The van der Waals surface area contributed by atoms with Crippen LogP contribution in [0.25, 0.3) is 0 Å². The molecule has 0 aliphatic carbocycles. The number of amides is 1. The number of likely N-dealkylation sites (tertiary alicyclic amines) is 1. The van der Waals surface area contributed by atoms with Crippen LogP contribution in [0.3, 0.4) is 0 Å². The monoisotopic (exact) mass is 312 g/mol. The van der Waals surface area contributed by atoms with Crippen LogP contribution >= 0.6 is 12.4 Å². The van der Waals surface area contributed by atoms with Crippen LogP contribution < -0.4 is 14.8 Å². The van der Waals surface area contributed by atoms with E-state index in [1.165, 1.54) is 0 Å². The summed E-state index contributed by atoms with van der Waals surface area (Å²) in [5, 5.41) is 3.21. The zero-order valence-electron chi connectivity index (χ0n) is 12.1. The molecule has 0 bridgehead atoms. The normalized spacial score (nSPS) is 17.5. The lowest BCUT2D eigenvalue weighted by Gasteiger charge is -2.32. The van der Waals surface area contributed by atoms with Crippen LogP contribution in [0, 0.1) is 5.92 Å². The number of nitrogens with zero attached hydrogens (tertiary/aromatic N) is 1. The van der Waals surface area contributed by atoms with E-state index < -0.39 is 0 Å². The lowest BCUT2D eigenvalue weighted by Crippen LogP contribution is -2.40. The first kappa shape index (κ1) is 15.9. The number of hydrogen-bond donors (Lipinski definition) is 1. The van der Waals surface area contributed by atoms with E-state index in [-0.39, 0.29) is 25.1 Å². The predicted molar refractivity (Wildman–Crippen MR) is 82.4 cm³/mol. The fraction of sp³-hybridized carbons (Fsp3) is 0.533. The van der Waals surface area contributed by atoms with Gasteiger partial charge in [0.05, 0.1) is 0 Å². The predicted octanol–water partition coefficient (Wildman–Crippen LogP) is 1.91. The van der Waals surface area contributed by atoms with E-state index in [1.807, 2.05) is 24.1 Å². The maximum absolute atomic E-state index is 12.5. The van der Waals surface area contributed by atoms with Gasteiger partial charge in [-0.15, -0.1) is 12.4 Å². The molecular formula is C15H21ClN2O3. The summed E-state index contributed by atoms with van der Waals surface area (Å²) in [5.41, 5.74) is 0.682. The Morgan fingerprint density at radius 3 is 2.71 bits per heavy atom. The lowest BCUT2D eigenvalue weighted by atomic mass is 9.96. The van der Waals surface area contributed by atoms with E-state index in [0.29, 0.717) is 23.0 Å². The standard InChI is InChI=1S/C15H20N2O3.ClH/c1-16-9-11-4-6-17(7-5-11)15(18)12-2-3-13-14(8-12)20-10-19-13;/h2-3,8,11,16H,4-7,9-10H2,1H3;1H. The van der Waals surface area contributed by atoms with Crippen molar-refractivity contribution in [1.82, 2.24) is 10.2 Å². The molecule has 116 valence electrons. The Kier molecular flexibility index (Phi) is 5.31. The topological polar surface area (TPSA) is 50.8 Å². The van der Waals surface area contributed by atoms with Gasteiger partial charge in [0.2, 0.25) is 6.79 Å². The SMILES string of the molecule is CNCC1CCN(C(=O)c2ccc3c(c2)OCO3)CC1.Cl. The van der Waals surface area contributed by atoms with Crippen molar-refractivity contribution in [1.29, 1.82) is 0 Å². The van der Waals surface area contributed by atoms with E-state index in [2.05, 4.69) is 5.32 Å². The van der Waals surface area contributed by atoms with E-state index in [9.17, 15) is 4.79 Å². The van der Waals surface area contributed by atoms with Gasteiger partial charge < -0.3 is 19.7 Å². The number of halogens is 1. The molecule has 2 aliphatic rings. The highest BCUT2D eigenvalue weighted by Crippen LogP contribution is 2.33. The molecule has 2 aliphatic heterocycles. The van der Waals surface area contributed by atoms with Crippen molar-refractivity contribution in [3.8, 4) is 11.5 Å². The minimum absolute atomic E-state index is 0. The smallest absolute Gasteiger partial charge is 0.253 e. The van der Waals surface area contributed by atoms with Crippen molar-refractivity contribution in [3.05, 3.63) is 23.8 Å². The number of rotatable bonds is 3. The number of piperidine rings is 1. The van der Waals surface area contributed by atoms with Gasteiger partial charge >= 0.3 is 0 Å². The fourth-order valence-corrected chi connectivity index (χ4v) is 2.84. The fourth-order valence-electron chi connectivity index (χ4n) is 2.84. The van der Waals surface area contributed by atoms with E-state index in [1.54, 1.807) is 6.07 Å².